The molecule has 2 N–H and O–H groups in total. The van der Waals surface area contributed by atoms with Crippen LogP contribution in [-0.4, -0.2) is 22.6 Å². The third kappa shape index (κ3) is 5.47. The molecule has 0 saturated carbocycles. The van der Waals surface area contributed by atoms with E-state index in [-0.39, 0.29) is 24.6 Å². The fraction of sp³-hybridized carbons (Fsp3) is 0.280. The molecule has 3 aromatic rings. The first kappa shape index (κ1) is 23.5. The van der Waals surface area contributed by atoms with Crippen LogP contribution >= 0.6 is 0 Å². The van der Waals surface area contributed by atoms with Crippen molar-refractivity contribution in [2.75, 3.05) is 11.9 Å². The number of alkyl halides is 3. The number of ether oxygens (including phenoxy) is 1. The Balaban J connectivity index is 1.41. The average Bonchev–Trinajstić information content (AvgIpc) is 3.21. The third-order valence-corrected chi connectivity index (χ3v) is 5.84. The molecule has 5 nitrogen and oxygen atoms in total. The predicted molar refractivity (Wildman–Crippen MR) is 118 cm³/mol. The minimum Gasteiger partial charge on any atom is -0.481 e. The number of pyridine rings is 1. The molecule has 1 aliphatic carbocycles. The van der Waals surface area contributed by atoms with Crippen molar-refractivity contribution >= 4 is 11.7 Å². The molecule has 0 bridgehead atoms. The average molecular weight is 474 g/mol. The van der Waals surface area contributed by atoms with E-state index >= 15 is 0 Å². The topological polar surface area (TPSA) is 71.5 Å². The first-order chi connectivity index (χ1) is 16.2. The lowest BCUT2D eigenvalue weighted by atomic mass is 10.0. The summed E-state index contributed by atoms with van der Waals surface area (Å²) in [5.74, 6) is -0.631. The zero-order chi connectivity index (χ0) is 24.3. The summed E-state index contributed by atoms with van der Waals surface area (Å²) in [5.41, 5.74) is 2.17. The summed E-state index contributed by atoms with van der Waals surface area (Å²) >= 11 is 0. The van der Waals surface area contributed by atoms with E-state index in [0.717, 1.165) is 36.2 Å². The van der Waals surface area contributed by atoms with Crippen molar-refractivity contribution in [1.29, 1.82) is 0 Å². The van der Waals surface area contributed by atoms with E-state index in [9.17, 15) is 22.4 Å². The largest absolute Gasteiger partial charge is 0.481 e. The summed E-state index contributed by atoms with van der Waals surface area (Å²) in [7, 11) is 0. The van der Waals surface area contributed by atoms with E-state index in [1.807, 2.05) is 12.1 Å². The quantitative estimate of drug-likeness (QED) is 0.381. The van der Waals surface area contributed by atoms with Gasteiger partial charge in [0.1, 0.15) is 11.6 Å². The molecule has 2 aromatic carbocycles. The highest BCUT2D eigenvalue weighted by Crippen LogP contribution is 2.40. The molecule has 4 rings (SSSR count). The number of rotatable bonds is 8. The minimum absolute atomic E-state index is 0.0847. The number of anilines is 1. The number of aliphatic carboxylic acids is 1. The molecule has 9 heteroatoms. The van der Waals surface area contributed by atoms with Crippen LogP contribution in [0.2, 0.25) is 0 Å². The van der Waals surface area contributed by atoms with Gasteiger partial charge in [0.15, 0.2) is 0 Å². The summed E-state index contributed by atoms with van der Waals surface area (Å²) < 4.78 is 58.3. The number of carboxylic acid groups (broad SMARTS) is 1. The van der Waals surface area contributed by atoms with Gasteiger partial charge in [-0.05, 0) is 60.2 Å². The Bertz CT molecular complexity index is 1180. The van der Waals surface area contributed by atoms with Gasteiger partial charge in [-0.15, -0.1) is 0 Å². The van der Waals surface area contributed by atoms with Crippen LogP contribution in [0.4, 0.5) is 23.2 Å². The highest BCUT2D eigenvalue weighted by Gasteiger charge is 2.31. The molecule has 0 aliphatic heterocycles. The number of halogens is 4. The molecule has 0 radical (unpaired) electrons. The van der Waals surface area contributed by atoms with Gasteiger partial charge >= 0.3 is 12.1 Å². The smallest absolute Gasteiger partial charge is 0.417 e. The van der Waals surface area contributed by atoms with E-state index in [4.69, 9.17) is 9.84 Å². The number of benzene rings is 2. The van der Waals surface area contributed by atoms with Crippen LogP contribution in [0.3, 0.4) is 0 Å². The van der Waals surface area contributed by atoms with Gasteiger partial charge in [-0.25, -0.2) is 9.37 Å². The molecule has 0 amide bonds. The van der Waals surface area contributed by atoms with Crippen LogP contribution in [-0.2, 0) is 23.8 Å². The van der Waals surface area contributed by atoms with Gasteiger partial charge in [0.2, 0.25) is 5.88 Å². The van der Waals surface area contributed by atoms with Gasteiger partial charge in [-0.2, -0.15) is 13.2 Å². The summed E-state index contributed by atoms with van der Waals surface area (Å²) in [4.78, 5) is 14.5. The lowest BCUT2D eigenvalue weighted by Crippen LogP contribution is -2.11. The van der Waals surface area contributed by atoms with Crippen LogP contribution in [0, 0.1) is 5.82 Å². The molecule has 178 valence electrons. The normalized spacial score (nSPS) is 15.1. The second-order valence-electron chi connectivity index (χ2n) is 8.13. The highest BCUT2D eigenvalue weighted by molar-refractivity contribution is 5.67. The number of hydrogen-bond acceptors (Lipinski definition) is 4. The maximum Gasteiger partial charge on any atom is 0.417 e. The van der Waals surface area contributed by atoms with Crippen molar-refractivity contribution in [3.63, 3.8) is 0 Å². The lowest BCUT2D eigenvalue weighted by Gasteiger charge is -2.15. The Hall–Kier alpha value is -3.62. The molecule has 0 fully saturated rings. The molecule has 1 aromatic heterocycles. The van der Waals surface area contributed by atoms with Crippen LogP contribution < -0.4 is 10.1 Å². The minimum atomic E-state index is -4.46. The first-order valence-electron chi connectivity index (χ1n) is 10.8. The van der Waals surface area contributed by atoms with Crippen molar-refractivity contribution in [3.05, 3.63) is 82.8 Å². The van der Waals surface area contributed by atoms with E-state index in [1.165, 1.54) is 12.1 Å². The molecule has 1 atom stereocenters. The SMILES string of the molecule is O=C(O)CCc1ccc(NCC2CCc3c(Oc4ccc(C(F)(F)F)cn4)cccc32)cc1F. The summed E-state index contributed by atoms with van der Waals surface area (Å²) in [6.07, 6.45) is -2.13. The van der Waals surface area contributed by atoms with Gasteiger partial charge in [0.25, 0.3) is 0 Å². The number of nitrogens with zero attached hydrogens (tertiary/aromatic N) is 1. The van der Waals surface area contributed by atoms with E-state index in [0.29, 0.717) is 23.5 Å². The molecule has 34 heavy (non-hydrogen) atoms. The van der Waals surface area contributed by atoms with Gasteiger partial charge in [-0.1, -0.05) is 18.2 Å². The second kappa shape index (κ2) is 9.70. The summed E-state index contributed by atoms with van der Waals surface area (Å²) in [5, 5.41) is 12.0. The zero-order valence-electron chi connectivity index (χ0n) is 18.0. The van der Waals surface area contributed by atoms with Crippen LogP contribution in [0.1, 0.15) is 41.0 Å². The molecule has 0 saturated heterocycles. The highest BCUT2D eigenvalue weighted by atomic mass is 19.4. The van der Waals surface area contributed by atoms with Gasteiger partial charge in [-0.3, -0.25) is 4.79 Å². The Morgan fingerprint density at radius 1 is 1.18 bits per heavy atom. The Morgan fingerprint density at radius 2 is 2.00 bits per heavy atom. The van der Waals surface area contributed by atoms with Crippen molar-refractivity contribution in [1.82, 2.24) is 4.98 Å². The lowest BCUT2D eigenvalue weighted by molar-refractivity contribution is -0.138. The zero-order valence-corrected chi connectivity index (χ0v) is 18.0. The molecular weight excluding hydrogens is 452 g/mol. The molecule has 1 unspecified atom stereocenters. The number of fused-ring (bicyclic) bond motifs is 1. The Kier molecular flexibility index (Phi) is 6.72. The predicted octanol–water partition coefficient (Wildman–Crippen LogP) is 6.19. The number of carboxylic acids is 1. The van der Waals surface area contributed by atoms with Crippen molar-refractivity contribution in [2.24, 2.45) is 0 Å². The van der Waals surface area contributed by atoms with Gasteiger partial charge < -0.3 is 15.2 Å². The van der Waals surface area contributed by atoms with Crippen LogP contribution in [0.25, 0.3) is 0 Å². The Labute approximate surface area is 193 Å². The van der Waals surface area contributed by atoms with E-state index in [2.05, 4.69) is 10.3 Å². The summed E-state index contributed by atoms with van der Waals surface area (Å²) in [6.45, 7) is 0.558. The number of aromatic nitrogens is 1. The molecule has 0 spiro atoms. The maximum absolute atomic E-state index is 14.3. The summed E-state index contributed by atoms with van der Waals surface area (Å²) in [6, 6.07) is 12.4. The monoisotopic (exact) mass is 474 g/mol. The number of nitrogens with one attached hydrogen (secondary N) is 1. The standard InChI is InChI=1S/C25H22F4N2O3/c26-21-12-18(8-4-15(21)6-11-24(32)33)30-13-16-5-9-20-19(16)2-1-3-22(20)34-23-10-7-17(14-31-23)25(27,28)29/h1-4,7-8,10,12,14,16,30H,5-6,9,11,13H2,(H,32,33). The molecule has 1 heterocycles. The molecular formula is C25H22F4N2O3. The fourth-order valence-electron chi connectivity index (χ4n) is 4.08. The second-order valence-corrected chi connectivity index (χ2v) is 8.13. The maximum atomic E-state index is 14.3. The molecule has 1 aliphatic rings. The van der Waals surface area contributed by atoms with E-state index < -0.39 is 23.5 Å². The number of aryl methyl sites for hydroxylation is 1. The Morgan fingerprint density at radius 3 is 2.68 bits per heavy atom. The van der Waals surface area contributed by atoms with Crippen LogP contribution in [0.5, 0.6) is 11.6 Å². The van der Waals surface area contributed by atoms with Crippen molar-refractivity contribution in [3.8, 4) is 11.6 Å². The first-order valence-corrected chi connectivity index (χ1v) is 10.8. The third-order valence-electron chi connectivity index (χ3n) is 5.84. The fourth-order valence-corrected chi connectivity index (χ4v) is 4.08. The number of carbonyl (C=O) groups is 1. The van der Waals surface area contributed by atoms with Crippen LogP contribution in [0.15, 0.2) is 54.7 Å². The van der Waals surface area contributed by atoms with Crippen molar-refractivity contribution in [2.45, 2.75) is 37.8 Å². The van der Waals surface area contributed by atoms with Gasteiger partial charge in [0.05, 0.1) is 5.56 Å². The van der Waals surface area contributed by atoms with Crippen molar-refractivity contribution < 1.29 is 32.2 Å². The number of hydrogen-bond donors (Lipinski definition) is 2. The van der Waals surface area contributed by atoms with E-state index in [1.54, 1.807) is 18.2 Å². The van der Waals surface area contributed by atoms with Gasteiger partial charge in [0, 0.05) is 36.8 Å².